The average molecular weight is 442 g/mol. The Labute approximate surface area is 194 Å². The number of para-hydroxylation sites is 1. The highest BCUT2D eigenvalue weighted by atomic mass is 16.6. The molecule has 0 aromatic heterocycles. The molecule has 0 spiro atoms. The summed E-state index contributed by atoms with van der Waals surface area (Å²) in [6.07, 6.45) is -0.279. The summed E-state index contributed by atoms with van der Waals surface area (Å²) in [6.45, 7) is 6.27. The van der Waals surface area contributed by atoms with Crippen molar-refractivity contribution in [3.63, 3.8) is 0 Å². The Hall–Kier alpha value is -3.80. The number of carbonyl (C=O) groups excluding carboxylic acids is 1. The third kappa shape index (κ3) is 4.42. The van der Waals surface area contributed by atoms with Crippen molar-refractivity contribution in [3.05, 3.63) is 89.5 Å². The molecule has 1 fully saturated rings. The summed E-state index contributed by atoms with van der Waals surface area (Å²) < 4.78 is 11.8. The second-order valence-electron chi connectivity index (χ2n) is 8.53. The van der Waals surface area contributed by atoms with Crippen LogP contribution in [0.5, 0.6) is 11.5 Å². The Morgan fingerprint density at radius 3 is 2.64 bits per heavy atom. The van der Waals surface area contributed by atoms with E-state index in [4.69, 9.17) is 14.5 Å². The minimum Gasteiger partial charge on any atom is -0.454 e. The number of benzene rings is 3. The van der Waals surface area contributed by atoms with Gasteiger partial charge in [0, 0.05) is 25.7 Å². The van der Waals surface area contributed by atoms with Gasteiger partial charge in [0.25, 0.3) is 0 Å². The number of rotatable bonds is 2. The van der Waals surface area contributed by atoms with Crippen LogP contribution in [0.3, 0.4) is 0 Å². The van der Waals surface area contributed by atoms with Crippen molar-refractivity contribution in [3.8, 4) is 11.5 Å². The summed E-state index contributed by atoms with van der Waals surface area (Å²) in [5.41, 5.74) is 3.87. The quantitative estimate of drug-likeness (QED) is 0.525. The highest BCUT2D eigenvalue weighted by molar-refractivity contribution is 6.03. The smallest absolute Gasteiger partial charge is 0.410 e. The molecule has 2 heterocycles. The van der Waals surface area contributed by atoms with Gasteiger partial charge < -0.3 is 19.3 Å². The molecule has 0 unspecified atom stereocenters. The van der Waals surface area contributed by atoms with Crippen molar-refractivity contribution in [1.29, 1.82) is 0 Å². The maximum atomic E-state index is 12.7. The molecule has 6 heteroatoms. The normalized spacial score (nSPS) is 17.3. The molecule has 168 valence electrons. The first-order chi connectivity index (χ1) is 16.1. The maximum absolute atomic E-state index is 12.7. The zero-order valence-electron chi connectivity index (χ0n) is 18.9. The van der Waals surface area contributed by atoms with Crippen molar-refractivity contribution in [2.75, 3.05) is 19.6 Å². The number of aliphatic imine (C=N–C) groups is 1. The van der Waals surface area contributed by atoms with Crippen LogP contribution in [-0.4, -0.2) is 47.4 Å². The van der Waals surface area contributed by atoms with Gasteiger partial charge in [-0.3, -0.25) is 0 Å². The van der Waals surface area contributed by atoms with Gasteiger partial charge in [-0.1, -0.05) is 48.5 Å². The number of ether oxygens (including phenoxy) is 2. The minimum absolute atomic E-state index is 0.0152. The predicted octanol–water partition coefficient (Wildman–Crippen LogP) is 5.52. The van der Waals surface area contributed by atoms with Gasteiger partial charge >= 0.3 is 6.09 Å². The van der Waals surface area contributed by atoms with Crippen LogP contribution in [0.4, 0.5) is 10.5 Å². The summed E-state index contributed by atoms with van der Waals surface area (Å²) in [4.78, 5) is 21.8. The zero-order valence-corrected chi connectivity index (χ0v) is 18.9. The SMILES string of the molecule is Cc1ccc2c(c1)Oc1ccccc1C(N1CCN(C(=O)OCc3ccccc3)[C@H](C)C1)=N2. The second-order valence-corrected chi connectivity index (χ2v) is 8.53. The fraction of sp³-hybridized carbons (Fsp3) is 0.259. The number of nitrogens with zero attached hydrogens (tertiary/aromatic N) is 3. The topological polar surface area (TPSA) is 54.4 Å². The van der Waals surface area contributed by atoms with Gasteiger partial charge in [0.1, 0.15) is 23.9 Å². The zero-order chi connectivity index (χ0) is 22.8. The second kappa shape index (κ2) is 8.98. The monoisotopic (exact) mass is 441 g/mol. The largest absolute Gasteiger partial charge is 0.454 e. The third-order valence-corrected chi connectivity index (χ3v) is 6.06. The van der Waals surface area contributed by atoms with Gasteiger partial charge in [0.15, 0.2) is 5.75 Å². The van der Waals surface area contributed by atoms with Crippen molar-refractivity contribution in [2.45, 2.75) is 26.5 Å². The first-order valence-electron chi connectivity index (χ1n) is 11.3. The maximum Gasteiger partial charge on any atom is 0.410 e. The Morgan fingerprint density at radius 2 is 1.82 bits per heavy atom. The lowest BCUT2D eigenvalue weighted by Gasteiger charge is -2.40. The van der Waals surface area contributed by atoms with Crippen LogP contribution in [0.25, 0.3) is 0 Å². The van der Waals surface area contributed by atoms with E-state index < -0.39 is 0 Å². The minimum atomic E-state index is -0.279. The number of piperazine rings is 1. The molecule has 0 aliphatic carbocycles. The van der Waals surface area contributed by atoms with E-state index in [2.05, 4.69) is 4.90 Å². The van der Waals surface area contributed by atoms with E-state index in [1.807, 2.05) is 86.6 Å². The molecular weight excluding hydrogens is 414 g/mol. The lowest BCUT2D eigenvalue weighted by Crippen LogP contribution is -2.55. The van der Waals surface area contributed by atoms with Gasteiger partial charge in [-0.2, -0.15) is 0 Å². The summed E-state index contributed by atoms with van der Waals surface area (Å²) in [5, 5.41) is 0. The fourth-order valence-electron chi connectivity index (χ4n) is 4.29. The molecule has 0 N–H and O–H groups in total. The van der Waals surface area contributed by atoms with Crippen LogP contribution < -0.4 is 4.74 Å². The number of amides is 1. The fourth-order valence-corrected chi connectivity index (χ4v) is 4.29. The van der Waals surface area contributed by atoms with E-state index in [-0.39, 0.29) is 18.7 Å². The molecule has 6 nitrogen and oxygen atoms in total. The van der Waals surface area contributed by atoms with Gasteiger partial charge in [-0.15, -0.1) is 0 Å². The molecule has 5 rings (SSSR count). The first-order valence-corrected chi connectivity index (χ1v) is 11.3. The summed E-state index contributed by atoms with van der Waals surface area (Å²) in [5.74, 6) is 2.42. The lowest BCUT2D eigenvalue weighted by atomic mass is 10.1. The third-order valence-electron chi connectivity index (χ3n) is 6.06. The number of hydrogen-bond donors (Lipinski definition) is 0. The van der Waals surface area contributed by atoms with Crippen LogP contribution in [0.2, 0.25) is 0 Å². The van der Waals surface area contributed by atoms with E-state index in [9.17, 15) is 4.79 Å². The molecule has 2 aliphatic rings. The molecule has 0 saturated carbocycles. The first kappa shape index (κ1) is 21.1. The standard InChI is InChI=1S/C27H27N3O3/c1-19-12-13-23-25(16-19)33-24-11-7-6-10-22(24)26(28-23)29-14-15-30(20(2)17-29)27(31)32-18-21-8-4-3-5-9-21/h3-13,16,20H,14-15,17-18H2,1-2H3/t20-/m1/s1. The number of amidine groups is 1. The lowest BCUT2D eigenvalue weighted by molar-refractivity contribution is 0.0624. The molecule has 1 amide bonds. The molecule has 1 saturated heterocycles. The van der Waals surface area contributed by atoms with Gasteiger partial charge in [-0.05, 0) is 49.2 Å². The van der Waals surface area contributed by atoms with Crippen molar-refractivity contribution >= 4 is 17.6 Å². The molecule has 3 aromatic carbocycles. The molecule has 33 heavy (non-hydrogen) atoms. The number of hydrogen-bond acceptors (Lipinski definition) is 5. The summed E-state index contributed by atoms with van der Waals surface area (Å²) >= 11 is 0. The van der Waals surface area contributed by atoms with E-state index in [0.717, 1.165) is 39.7 Å². The van der Waals surface area contributed by atoms with Crippen LogP contribution in [0.1, 0.15) is 23.6 Å². The van der Waals surface area contributed by atoms with Crippen LogP contribution in [0, 0.1) is 6.92 Å². The molecular formula is C27H27N3O3. The number of carbonyl (C=O) groups is 1. The molecule has 0 bridgehead atoms. The highest BCUT2D eigenvalue weighted by Gasteiger charge is 2.32. The van der Waals surface area contributed by atoms with E-state index in [1.165, 1.54) is 0 Å². The van der Waals surface area contributed by atoms with Crippen LogP contribution >= 0.6 is 0 Å². The predicted molar refractivity (Wildman–Crippen MR) is 128 cm³/mol. The van der Waals surface area contributed by atoms with Crippen LogP contribution in [0.15, 0.2) is 77.8 Å². The molecule has 0 radical (unpaired) electrons. The average Bonchev–Trinajstić information content (AvgIpc) is 2.99. The van der Waals surface area contributed by atoms with E-state index >= 15 is 0 Å². The van der Waals surface area contributed by atoms with Gasteiger partial charge in [-0.25, -0.2) is 9.79 Å². The van der Waals surface area contributed by atoms with Crippen molar-refractivity contribution in [2.24, 2.45) is 4.99 Å². The van der Waals surface area contributed by atoms with Crippen LogP contribution in [-0.2, 0) is 11.3 Å². The molecule has 2 aliphatic heterocycles. The van der Waals surface area contributed by atoms with Gasteiger partial charge in [0.05, 0.1) is 5.56 Å². The summed E-state index contributed by atoms with van der Waals surface area (Å²) in [7, 11) is 0. The Kier molecular flexibility index (Phi) is 5.73. The molecule has 1 atom stereocenters. The van der Waals surface area contributed by atoms with Crippen molar-refractivity contribution < 1.29 is 14.3 Å². The summed E-state index contributed by atoms with van der Waals surface area (Å²) in [6, 6.07) is 23.8. The van der Waals surface area contributed by atoms with Crippen molar-refractivity contribution in [1.82, 2.24) is 9.80 Å². The Bertz CT molecular complexity index is 1190. The van der Waals surface area contributed by atoms with E-state index in [1.54, 1.807) is 4.90 Å². The van der Waals surface area contributed by atoms with Gasteiger partial charge in [0.2, 0.25) is 0 Å². The van der Waals surface area contributed by atoms with E-state index in [0.29, 0.717) is 19.6 Å². The highest BCUT2D eigenvalue weighted by Crippen LogP contribution is 2.38. The Balaban J connectivity index is 1.35. The number of aryl methyl sites for hydroxylation is 1. The number of fused-ring (bicyclic) bond motifs is 2. The Morgan fingerprint density at radius 1 is 1.03 bits per heavy atom. The molecule has 3 aromatic rings.